The molecule has 0 aliphatic heterocycles. The minimum Gasteiger partial charge on any atom is -0.437 e. The van der Waals surface area contributed by atoms with Crippen LogP contribution in [0.15, 0.2) is 24.4 Å². The van der Waals surface area contributed by atoms with Gasteiger partial charge in [0.05, 0.1) is 5.69 Å². The van der Waals surface area contributed by atoms with Gasteiger partial charge in [0.15, 0.2) is 5.75 Å². The van der Waals surface area contributed by atoms with Crippen LogP contribution in [0.2, 0.25) is 0 Å². The molecule has 0 atom stereocenters. The third kappa shape index (κ3) is 3.33. The van der Waals surface area contributed by atoms with E-state index in [1.807, 2.05) is 39.2 Å². The highest BCUT2D eigenvalue weighted by Crippen LogP contribution is 2.26. The largest absolute Gasteiger partial charge is 0.437 e. The highest BCUT2D eigenvalue weighted by molar-refractivity contribution is 5.36. The minimum absolute atomic E-state index is 0.644. The highest BCUT2D eigenvalue weighted by Gasteiger charge is 2.09. The van der Waals surface area contributed by atoms with Gasteiger partial charge in [0.1, 0.15) is 0 Å². The minimum atomic E-state index is 0.644. The second kappa shape index (κ2) is 6.48. The molecule has 0 aliphatic rings. The van der Waals surface area contributed by atoms with Crippen molar-refractivity contribution in [2.24, 2.45) is 0 Å². The van der Waals surface area contributed by atoms with Gasteiger partial charge in [-0.1, -0.05) is 6.92 Å². The van der Waals surface area contributed by atoms with Gasteiger partial charge >= 0.3 is 0 Å². The van der Waals surface area contributed by atoms with Crippen molar-refractivity contribution in [3.8, 4) is 11.6 Å². The second-order valence-electron chi connectivity index (χ2n) is 4.85. The first kappa shape index (κ1) is 14.5. The summed E-state index contributed by atoms with van der Waals surface area (Å²) in [4.78, 5) is 8.90. The predicted molar refractivity (Wildman–Crippen MR) is 80.2 cm³/mol. The van der Waals surface area contributed by atoms with Gasteiger partial charge in [-0.3, -0.25) is 4.98 Å². The Kier molecular flexibility index (Phi) is 4.69. The number of ether oxygens (including phenoxy) is 1. The molecule has 0 saturated heterocycles. The van der Waals surface area contributed by atoms with Crippen molar-refractivity contribution >= 4 is 0 Å². The van der Waals surface area contributed by atoms with Gasteiger partial charge in [0, 0.05) is 24.0 Å². The zero-order valence-corrected chi connectivity index (χ0v) is 12.5. The SMILES string of the molecule is CCc1nc(C)ccc1Oc1ncc(CNC)cc1C. The molecule has 2 rings (SSSR count). The summed E-state index contributed by atoms with van der Waals surface area (Å²) in [6.45, 7) is 6.87. The number of hydrogen-bond donors (Lipinski definition) is 1. The predicted octanol–water partition coefficient (Wildman–Crippen LogP) is 3.17. The number of hydrogen-bond acceptors (Lipinski definition) is 4. The van der Waals surface area contributed by atoms with Crippen LogP contribution < -0.4 is 10.1 Å². The topological polar surface area (TPSA) is 47.0 Å². The Bertz CT molecular complexity index is 596. The molecule has 0 aliphatic carbocycles. The first-order valence-corrected chi connectivity index (χ1v) is 6.88. The van der Waals surface area contributed by atoms with Crippen molar-refractivity contribution in [3.05, 3.63) is 46.9 Å². The van der Waals surface area contributed by atoms with Crippen molar-refractivity contribution in [1.29, 1.82) is 0 Å². The summed E-state index contributed by atoms with van der Waals surface area (Å²) in [5, 5.41) is 3.11. The van der Waals surface area contributed by atoms with Gasteiger partial charge in [-0.05, 0) is 51.1 Å². The van der Waals surface area contributed by atoms with Crippen LogP contribution in [0.1, 0.15) is 29.4 Å². The number of rotatable bonds is 5. The molecule has 0 amide bonds. The molecule has 2 aromatic rings. The van der Waals surface area contributed by atoms with E-state index in [9.17, 15) is 0 Å². The van der Waals surface area contributed by atoms with Crippen LogP contribution in [0.25, 0.3) is 0 Å². The van der Waals surface area contributed by atoms with Crippen molar-refractivity contribution in [3.63, 3.8) is 0 Å². The van der Waals surface area contributed by atoms with E-state index >= 15 is 0 Å². The summed E-state index contributed by atoms with van der Waals surface area (Å²) in [5.41, 5.74) is 4.14. The monoisotopic (exact) mass is 271 g/mol. The van der Waals surface area contributed by atoms with E-state index in [1.54, 1.807) is 0 Å². The van der Waals surface area contributed by atoms with Crippen LogP contribution in [0.5, 0.6) is 11.6 Å². The van der Waals surface area contributed by atoms with E-state index < -0.39 is 0 Å². The molecular weight excluding hydrogens is 250 g/mol. The highest BCUT2D eigenvalue weighted by atomic mass is 16.5. The lowest BCUT2D eigenvalue weighted by Gasteiger charge is -2.12. The Labute approximate surface area is 120 Å². The third-order valence-corrected chi connectivity index (χ3v) is 3.08. The normalized spacial score (nSPS) is 10.6. The lowest BCUT2D eigenvalue weighted by atomic mass is 10.2. The average Bonchev–Trinajstić information content (AvgIpc) is 2.43. The average molecular weight is 271 g/mol. The van der Waals surface area contributed by atoms with Crippen LogP contribution >= 0.6 is 0 Å². The van der Waals surface area contributed by atoms with Gasteiger partial charge < -0.3 is 10.1 Å². The summed E-state index contributed by atoms with van der Waals surface area (Å²) in [6.07, 6.45) is 2.68. The first-order valence-electron chi connectivity index (χ1n) is 6.88. The van der Waals surface area contributed by atoms with E-state index in [2.05, 4.69) is 28.3 Å². The molecule has 106 valence electrons. The molecule has 2 aromatic heterocycles. The fourth-order valence-corrected chi connectivity index (χ4v) is 2.08. The second-order valence-corrected chi connectivity index (χ2v) is 4.85. The smallest absolute Gasteiger partial charge is 0.222 e. The van der Waals surface area contributed by atoms with E-state index in [1.165, 1.54) is 0 Å². The van der Waals surface area contributed by atoms with Crippen molar-refractivity contribution in [2.45, 2.75) is 33.7 Å². The molecule has 0 spiro atoms. The zero-order valence-electron chi connectivity index (χ0n) is 12.5. The van der Waals surface area contributed by atoms with Gasteiger partial charge in [0.25, 0.3) is 0 Å². The van der Waals surface area contributed by atoms with Crippen molar-refractivity contribution < 1.29 is 4.74 Å². The molecule has 4 nitrogen and oxygen atoms in total. The molecule has 1 N–H and O–H groups in total. The molecule has 20 heavy (non-hydrogen) atoms. The number of pyridine rings is 2. The van der Waals surface area contributed by atoms with Crippen LogP contribution in [-0.4, -0.2) is 17.0 Å². The summed E-state index contributed by atoms with van der Waals surface area (Å²) < 4.78 is 5.93. The Morgan fingerprint density at radius 2 is 2.05 bits per heavy atom. The number of aryl methyl sites for hydroxylation is 3. The summed E-state index contributed by atoms with van der Waals surface area (Å²) in [5.74, 6) is 1.43. The fraction of sp³-hybridized carbons (Fsp3) is 0.375. The first-order chi connectivity index (χ1) is 9.63. The molecule has 0 radical (unpaired) electrons. The fourth-order valence-electron chi connectivity index (χ4n) is 2.08. The quantitative estimate of drug-likeness (QED) is 0.907. The van der Waals surface area contributed by atoms with Gasteiger partial charge in [-0.2, -0.15) is 0 Å². The maximum absolute atomic E-state index is 5.93. The third-order valence-electron chi connectivity index (χ3n) is 3.08. The van der Waals surface area contributed by atoms with Crippen LogP contribution in [-0.2, 0) is 13.0 Å². The van der Waals surface area contributed by atoms with Gasteiger partial charge in [-0.15, -0.1) is 0 Å². The summed E-state index contributed by atoms with van der Waals surface area (Å²) >= 11 is 0. The van der Waals surface area contributed by atoms with E-state index in [0.717, 1.165) is 41.2 Å². The number of aromatic nitrogens is 2. The van der Waals surface area contributed by atoms with E-state index in [4.69, 9.17) is 4.74 Å². The van der Waals surface area contributed by atoms with E-state index in [-0.39, 0.29) is 0 Å². The van der Waals surface area contributed by atoms with Crippen LogP contribution in [0, 0.1) is 13.8 Å². The Morgan fingerprint density at radius 3 is 2.70 bits per heavy atom. The molecule has 0 aromatic carbocycles. The Hall–Kier alpha value is -1.94. The number of nitrogens with one attached hydrogen (secondary N) is 1. The summed E-state index contributed by atoms with van der Waals surface area (Å²) in [6, 6.07) is 6.01. The lowest BCUT2D eigenvalue weighted by molar-refractivity contribution is 0.449. The Morgan fingerprint density at radius 1 is 1.25 bits per heavy atom. The van der Waals surface area contributed by atoms with Gasteiger partial charge in [0.2, 0.25) is 5.88 Å². The standard InChI is InChI=1S/C16H21N3O/c1-5-14-15(7-6-12(3)19-14)20-16-11(2)8-13(9-17-4)10-18-16/h6-8,10,17H,5,9H2,1-4H3. The lowest BCUT2D eigenvalue weighted by Crippen LogP contribution is -2.06. The maximum atomic E-state index is 5.93. The molecule has 0 unspecified atom stereocenters. The van der Waals surface area contributed by atoms with Crippen LogP contribution in [0.3, 0.4) is 0 Å². The van der Waals surface area contributed by atoms with Crippen LogP contribution in [0.4, 0.5) is 0 Å². The molecule has 0 saturated carbocycles. The molecule has 0 fully saturated rings. The zero-order chi connectivity index (χ0) is 14.5. The molecule has 0 bridgehead atoms. The van der Waals surface area contributed by atoms with Crippen molar-refractivity contribution in [1.82, 2.24) is 15.3 Å². The number of nitrogens with zero attached hydrogens (tertiary/aromatic N) is 2. The van der Waals surface area contributed by atoms with Crippen molar-refractivity contribution in [2.75, 3.05) is 7.05 Å². The molecule has 2 heterocycles. The van der Waals surface area contributed by atoms with E-state index in [0.29, 0.717) is 5.88 Å². The molecule has 4 heteroatoms. The maximum Gasteiger partial charge on any atom is 0.222 e. The Balaban J connectivity index is 2.26. The van der Waals surface area contributed by atoms with Gasteiger partial charge in [-0.25, -0.2) is 4.98 Å². The summed E-state index contributed by atoms with van der Waals surface area (Å²) in [7, 11) is 1.92. The molecular formula is C16H21N3O.